The monoisotopic (exact) mass is 255 g/mol. The van der Waals surface area contributed by atoms with Crippen LogP contribution in [0.15, 0.2) is 24.4 Å². The van der Waals surface area contributed by atoms with Gasteiger partial charge in [0.05, 0.1) is 23.0 Å². The molecule has 1 aromatic carbocycles. The van der Waals surface area contributed by atoms with Crippen LogP contribution in [0.5, 0.6) is 0 Å². The van der Waals surface area contributed by atoms with Crippen molar-refractivity contribution in [3.63, 3.8) is 0 Å². The van der Waals surface area contributed by atoms with Crippen LogP contribution in [0.2, 0.25) is 5.02 Å². The van der Waals surface area contributed by atoms with E-state index in [9.17, 15) is 4.39 Å². The van der Waals surface area contributed by atoms with Crippen LogP contribution in [-0.4, -0.2) is 15.0 Å². The first-order valence-electron chi connectivity index (χ1n) is 4.89. The van der Waals surface area contributed by atoms with Crippen LogP contribution in [0.1, 0.15) is 17.3 Å². The first-order valence-corrected chi connectivity index (χ1v) is 5.27. The molecule has 0 saturated heterocycles. The van der Waals surface area contributed by atoms with Gasteiger partial charge in [0, 0.05) is 7.05 Å². The molecule has 7 heteroatoms. The van der Waals surface area contributed by atoms with Crippen LogP contribution in [0.4, 0.5) is 4.39 Å². The van der Waals surface area contributed by atoms with Gasteiger partial charge in [-0.3, -0.25) is 10.5 Å². The molecule has 90 valence electrons. The number of aromatic nitrogens is 3. The first kappa shape index (κ1) is 12.0. The lowest BCUT2D eigenvalue weighted by Gasteiger charge is -2.17. The molecule has 1 atom stereocenters. The molecule has 2 aromatic rings. The fourth-order valence-electron chi connectivity index (χ4n) is 1.64. The molecule has 0 aliphatic carbocycles. The van der Waals surface area contributed by atoms with Crippen LogP contribution in [0.25, 0.3) is 0 Å². The van der Waals surface area contributed by atoms with Gasteiger partial charge >= 0.3 is 0 Å². The van der Waals surface area contributed by atoms with Crippen molar-refractivity contribution < 1.29 is 4.39 Å². The molecule has 0 spiro atoms. The minimum atomic E-state index is -0.487. The Morgan fingerprint density at radius 2 is 2.29 bits per heavy atom. The van der Waals surface area contributed by atoms with E-state index in [2.05, 4.69) is 15.7 Å². The average Bonchev–Trinajstić information content (AvgIpc) is 2.72. The minimum Gasteiger partial charge on any atom is -0.271 e. The van der Waals surface area contributed by atoms with Gasteiger partial charge in [0.25, 0.3) is 0 Å². The molecule has 2 rings (SSSR count). The van der Waals surface area contributed by atoms with Crippen molar-refractivity contribution in [2.75, 3.05) is 0 Å². The van der Waals surface area contributed by atoms with Crippen molar-refractivity contribution in [1.29, 1.82) is 0 Å². The zero-order valence-electron chi connectivity index (χ0n) is 9.06. The SMILES string of the molecule is Cn1nncc1C(NN)c1cccc(F)c1Cl. The molecule has 0 saturated carbocycles. The van der Waals surface area contributed by atoms with Crippen molar-refractivity contribution in [2.24, 2.45) is 12.9 Å². The highest BCUT2D eigenvalue weighted by Crippen LogP contribution is 2.28. The maximum Gasteiger partial charge on any atom is 0.142 e. The maximum absolute atomic E-state index is 13.4. The van der Waals surface area contributed by atoms with E-state index >= 15 is 0 Å². The summed E-state index contributed by atoms with van der Waals surface area (Å²) in [5.74, 6) is 5.00. The maximum atomic E-state index is 13.4. The molecule has 0 aliphatic heterocycles. The van der Waals surface area contributed by atoms with Crippen LogP contribution in [0, 0.1) is 5.82 Å². The van der Waals surface area contributed by atoms with Gasteiger partial charge in [-0.05, 0) is 11.6 Å². The fraction of sp³-hybridized carbons (Fsp3) is 0.200. The highest BCUT2D eigenvalue weighted by Gasteiger charge is 2.20. The Balaban J connectivity index is 2.50. The Hall–Kier alpha value is -1.50. The van der Waals surface area contributed by atoms with E-state index in [-0.39, 0.29) is 5.02 Å². The molecule has 3 N–H and O–H groups in total. The largest absolute Gasteiger partial charge is 0.271 e. The second-order valence-electron chi connectivity index (χ2n) is 3.53. The fourth-order valence-corrected chi connectivity index (χ4v) is 1.87. The van der Waals surface area contributed by atoms with Gasteiger partial charge < -0.3 is 0 Å². The van der Waals surface area contributed by atoms with E-state index in [4.69, 9.17) is 17.4 Å². The molecular weight excluding hydrogens is 245 g/mol. The topological polar surface area (TPSA) is 68.8 Å². The number of nitrogens with one attached hydrogen (secondary N) is 1. The van der Waals surface area contributed by atoms with Crippen LogP contribution in [-0.2, 0) is 7.05 Å². The van der Waals surface area contributed by atoms with Crippen molar-refractivity contribution in [3.05, 3.63) is 46.5 Å². The van der Waals surface area contributed by atoms with Crippen molar-refractivity contribution in [1.82, 2.24) is 20.4 Å². The number of nitrogens with zero attached hydrogens (tertiary/aromatic N) is 3. The molecule has 1 heterocycles. The predicted octanol–water partition coefficient (Wildman–Crippen LogP) is 1.16. The van der Waals surface area contributed by atoms with Crippen LogP contribution in [0.3, 0.4) is 0 Å². The van der Waals surface area contributed by atoms with E-state index in [0.29, 0.717) is 11.3 Å². The standard InChI is InChI=1S/C10H11ClFN5/c1-17-8(5-14-16-17)10(15-13)6-3-2-4-7(12)9(6)11/h2-5,10,15H,13H2,1H3. The summed E-state index contributed by atoms with van der Waals surface area (Å²) in [5.41, 5.74) is 3.81. The lowest BCUT2D eigenvalue weighted by atomic mass is 10.0. The van der Waals surface area contributed by atoms with Crippen LogP contribution >= 0.6 is 11.6 Å². The third-order valence-corrected chi connectivity index (χ3v) is 2.90. The summed E-state index contributed by atoms with van der Waals surface area (Å²) in [5, 5.41) is 7.58. The minimum absolute atomic E-state index is 0.0386. The molecule has 17 heavy (non-hydrogen) atoms. The number of nitrogens with two attached hydrogens (primary N) is 1. The molecule has 1 aromatic heterocycles. The number of benzene rings is 1. The molecular formula is C10H11ClFN5. The smallest absolute Gasteiger partial charge is 0.142 e. The van der Waals surface area contributed by atoms with Gasteiger partial charge in [0.15, 0.2) is 0 Å². The zero-order chi connectivity index (χ0) is 12.4. The lowest BCUT2D eigenvalue weighted by Crippen LogP contribution is -2.30. The number of aryl methyl sites for hydroxylation is 1. The van der Waals surface area contributed by atoms with Crippen molar-refractivity contribution in [2.45, 2.75) is 6.04 Å². The number of rotatable bonds is 3. The van der Waals surface area contributed by atoms with E-state index in [0.717, 1.165) is 0 Å². The Morgan fingerprint density at radius 1 is 1.53 bits per heavy atom. The van der Waals surface area contributed by atoms with Crippen LogP contribution < -0.4 is 11.3 Å². The number of hydrogen-bond acceptors (Lipinski definition) is 4. The van der Waals surface area contributed by atoms with Crippen molar-refractivity contribution in [3.8, 4) is 0 Å². The Kier molecular flexibility index (Phi) is 3.37. The van der Waals surface area contributed by atoms with E-state index < -0.39 is 11.9 Å². The molecule has 1 unspecified atom stereocenters. The average molecular weight is 256 g/mol. The molecule has 0 radical (unpaired) electrons. The van der Waals surface area contributed by atoms with Gasteiger partial charge in [-0.1, -0.05) is 28.9 Å². The summed E-state index contributed by atoms with van der Waals surface area (Å²) in [7, 11) is 1.72. The summed E-state index contributed by atoms with van der Waals surface area (Å²) >= 11 is 5.92. The Labute approximate surface area is 102 Å². The van der Waals surface area contributed by atoms with E-state index in [1.807, 2.05) is 0 Å². The van der Waals surface area contributed by atoms with Gasteiger partial charge in [-0.15, -0.1) is 5.10 Å². The normalized spacial score (nSPS) is 12.7. The Bertz CT molecular complexity index is 527. The summed E-state index contributed by atoms with van der Waals surface area (Å²) in [6, 6.07) is 4.10. The third-order valence-electron chi connectivity index (χ3n) is 2.50. The van der Waals surface area contributed by atoms with Gasteiger partial charge in [0.2, 0.25) is 0 Å². The lowest BCUT2D eigenvalue weighted by molar-refractivity contribution is 0.563. The predicted molar refractivity (Wildman–Crippen MR) is 61.6 cm³/mol. The van der Waals surface area contributed by atoms with Gasteiger partial charge in [-0.25, -0.2) is 9.82 Å². The van der Waals surface area contributed by atoms with E-state index in [1.165, 1.54) is 6.07 Å². The highest BCUT2D eigenvalue weighted by molar-refractivity contribution is 6.31. The summed E-state index contributed by atoms with van der Waals surface area (Å²) in [4.78, 5) is 0. The zero-order valence-corrected chi connectivity index (χ0v) is 9.82. The highest BCUT2D eigenvalue weighted by atomic mass is 35.5. The quantitative estimate of drug-likeness (QED) is 0.638. The summed E-state index contributed by atoms with van der Waals surface area (Å²) in [6.45, 7) is 0. The second-order valence-corrected chi connectivity index (χ2v) is 3.90. The summed E-state index contributed by atoms with van der Waals surface area (Å²) in [6.07, 6.45) is 1.55. The summed E-state index contributed by atoms with van der Waals surface area (Å²) < 4.78 is 14.9. The second kappa shape index (κ2) is 4.79. The number of hydrazine groups is 1. The molecule has 0 amide bonds. The van der Waals surface area contributed by atoms with Crippen molar-refractivity contribution >= 4 is 11.6 Å². The molecule has 0 bridgehead atoms. The molecule has 5 nitrogen and oxygen atoms in total. The van der Waals surface area contributed by atoms with Gasteiger partial charge in [0.1, 0.15) is 5.82 Å². The molecule has 0 aliphatic rings. The third kappa shape index (κ3) is 2.14. The Morgan fingerprint density at radius 3 is 2.88 bits per heavy atom. The molecule has 0 fully saturated rings. The number of halogens is 2. The number of hydrogen-bond donors (Lipinski definition) is 2. The van der Waals surface area contributed by atoms with E-state index in [1.54, 1.807) is 30.1 Å². The van der Waals surface area contributed by atoms with Gasteiger partial charge in [-0.2, -0.15) is 0 Å². The first-order chi connectivity index (χ1) is 8.15.